The number of carbonyl (C=O) groups excluding carboxylic acids is 1. The van der Waals surface area contributed by atoms with E-state index in [1.54, 1.807) is 18.3 Å². The number of imidazole rings is 1. The first-order valence-corrected chi connectivity index (χ1v) is 12.9. The van der Waals surface area contributed by atoms with Crippen molar-refractivity contribution in [2.24, 2.45) is 11.7 Å². The van der Waals surface area contributed by atoms with Crippen molar-refractivity contribution in [1.29, 1.82) is 0 Å². The monoisotopic (exact) mass is 555 g/mol. The fraction of sp³-hybridized carbons (Fsp3) is 0.478. The summed E-state index contributed by atoms with van der Waals surface area (Å²) in [6.07, 6.45) is 3.67. The first-order valence-electron chi connectivity index (χ1n) is 11.7. The van der Waals surface area contributed by atoms with E-state index in [0.29, 0.717) is 82.5 Å². The summed E-state index contributed by atoms with van der Waals surface area (Å²) in [5.74, 6) is 0.334. The third-order valence-electron chi connectivity index (χ3n) is 6.74. The largest absolute Gasteiger partial charge is 0.378 e. The quantitative estimate of drug-likeness (QED) is 0.377. The van der Waals surface area contributed by atoms with E-state index in [1.165, 1.54) is 0 Å². The molecule has 1 saturated heterocycles. The first-order chi connectivity index (χ1) is 17.3. The number of anilines is 3. The normalized spacial score (nSPS) is 24.6. The van der Waals surface area contributed by atoms with Gasteiger partial charge in [0.15, 0.2) is 5.65 Å². The van der Waals surface area contributed by atoms with E-state index < -0.39 is 12.2 Å². The Bertz CT molecular complexity index is 1260. The maximum absolute atomic E-state index is 14.3. The number of rotatable bonds is 6. The van der Waals surface area contributed by atoms with E-state index in [9.17, 15) is 9.18 Å². The van der Waals surface area contributed by atoms with Gasteiger partial charge in [-0.15, -0.1) is 0 Å². The van der Waals surface area contributed by atoms with Gasteiger partial charge in [-0.3, -0.25) is 9.36 Å². The molecule has 2 atom stereocenters. The third-order valence-corrected chi connectivity index (χ3v) is 7.56. The highest BCUT2D eigenvalue weighted by Gasteiger charge is 2.30. The molecule has 3 heterocycles. The van der Waals surface area contributed by atoms with E-state index in [1.807, 2.05) is 4.57 Å². The molecular formula is C23H25Cl3FN7O2. The number of carbonyl (C=O) groups is 1. The molecule has 192 valence electrons. The molecule has 36 heavy (non-hydrogen) atoms. The van der Waals surface area contributed by atoms with Crippen LogP contribution in [0.3, 0.4) is 0 Å². The Morgan fingerprint density at radius 2 is 1.83 bits per heavy atom. The lowest BCUT2D eigenvalue weighted by molar-refractivity contribution is -0.122. The van der Waals surface area contributed by atoms with Crippen molar-refractivity contribution < 1.29 is 13.9 Å². The summed E-state index contributed by atoms with van der Waals surface area (Å²) in [5, 5.41) is 7.43. The number of hydrogen-bond acceptors (Lipinski definition) is 7. The van der Waals surface area contributed by atoms with E-state index >= 15 is 0 Å². The fourth-order valence-electron chi connectivity index (χ4n) is 4.82. The minimum absolute atomic E-state index is 0.0160. The number of alkyl halides is 1. The lowest BCUT2D eigenvalue weighted by Crippen LogP contribution is -2.39. The zero-order valence-corrected chi connectivity index (χ0v) is 21.5. The maximum Gasteiger partial charge on any atom is 0.225 e. The number of primary amides is 1. The summed E-state index contributed by atoms with van der Waals surface area (Å²) in [4.78, 5) is 25.5. The van der Waals surface area contributed by atoms with Crippen molar-refractivity contribution in [1.82, 2.24) is 19.5 Å². The molecule has 9 nitrogen and oxygen atoms in total. The van der Waals surface area contributed by atoms with Crippen molar-refractivity contribution in [3.8, 4) is 0 Å². The van der Waals surface area contributed by atoms with E-state index in [4.69, 9.17) is 55.2 Å². The Kier molecular flexibility index (Phi) is 7.39. The van der Waals surface area contributed by atoms with E-state index in [0.717, 1.165) is 0 Å². The van der Waals surface area contributed by atoms with Crippen LogP contribution in [0.5, 0.6) is 0 Å². The van der Waals surface area contributed by atoms with Gasteiger partial charge in [0.1, 0.15) is 11.7 Å². The summed E-state index contributed by atoms with van der Waals surface area (Å²) in [5.41, 5.74) is 7.11. The van der Waals surface area contributed by atoms with Gasteiger partial charge in [0.25, 0.3) is 0 Å². The zero-order valence-electron chi connectivity index (χ0n) is 19.2. The Morgan fingerprint density at radius 1 is 1.11 bits per heavy atom. The molecule has 2 fully saturated rings. The summed E-state index contributed by atoms with van der Waals surface area (Å²) in [7, 11) is 0. The summed E-state index contributed by atoms with van der Waals surface area (Å²) in [6, 6.07) is 2.72. The molecule has 2 aromatic heterocycles. The van der Waals surface area contributed by atoms with Gasteiger partial charge in [-0.2, -0.15) is 4.98 Å². The minimum atomic E-state index is -1.15. The van der Waals surface area contributed by atoms with Crippen LogP contribution in [0.4, 0.5) is 22.0 Å². The van der Waals surface area contributed by atoms with Crippen LogP contribution in [-0.4, -0.2) is 50.9 Å². The van der Waals surface area contributed by atoms with Crippen molar-refractivity contribution >= 4 is 69.5 Å². The zero-order chi connectivity index (χ0) is 25.4. The molecule has 1 aliphatic carbocycles. The molecule has 2 aliphatic rings. The number of nitrogens with zero attached hydrogens (tertiary/aromatic N) is 4. The topological polar surface area (TPSA) is 120 Å². The van der Waals surface area contributed by atoms with Gasteiger partial charge in [-0.25, -0.2) is 14.4 Å². The highest BCUT2D eigenvalue weighted by atomic mass is 35.5. The standard InChI is InChI=1S/C23H25Cl3FN7O2/c24-12-7-14(25)19(15(26)8-12)32-23-31-18-9-29-22(30-17-5-6-36-10-16(17)27)33-21(18)34(23)13-3-1-11(2-4-13)20(28)35/h7-9,11,13,16-17H,1-6,10H2,(H2,28,35)(H,31,32)(H,29,30,33)/t11?,13?,16-,17?/m1/s1. The average Bonchev–Trinajstić information content (AvgIpc) is 3.20. The van der Waals surface area contributed by atoms with Crippen LogP contribution < -0.4 is 16.4 Å². The predicted octanol–water partition coefficient (Wildman–Crippen LogP) is 5.29. The SMILES string of the molecule is NC(=O)C1CCC(n2c(Nc3c(Cl)cc(Cl)cc3Cl)nc3cnc(NC4CCOC[C@H]4F)nc32)CC1. The van der Waals surface area contributed by atoms with Crippen LogP contribution >= 0.6 is 34.8 Å². The minimum Gasteiger partial charge on any atom is -0.378 e. The Balaban J connectivity index is 1.53. The predicted molar refractivity (Wildman–Crippen MR) is 138 cm³/mol. The van der Waals surface area contributed by atoms with Crippen LogP contribution in [-0.2, 0) is 9.53 Å². The van der Waals surface area contributed by atoms with Gasteiger partial charge in [-0.05, 0) is 44.2 Å². The summed E-state index contributed by atoms with van der Waals surface area (Å²) < 4.78 is 21.5. The molecular weight excluding hydrogens is 532 g/mol. The second-order valence-electron chi connectivity index (χ2n) is 9.12. The number of hydrogen-bond donors (Lipinski definition) is 3. The number of halogens is 4. The molecule has 0 bridgehead atoms. The molecule has 1 aliphatic heterocycles. The number of nitrogens with two attached hydrogens (primary N) is 1. The smallest absolute Gasteiger partial charge is 0.225 e. The number of fused-ring (bicyclic) bond motifs is 1. The molecule has 1 aromatic carbocycles. The Labute approximate surface area is 221 Å². The lowest BCUT2D eigenvalue weighted by Gasteiger charge is -2.29. The molecule has 13 heteroatoms. The van der Waals surface area contributed by atoms with Crippen LogP contribution in [0.15, 0.2) is 18.3 Å². The Morgan fingerprint density at radius 3 is 2.50 bits per heavy atom. The second kappa shape index (κ2) is 10.5. The van der Waals surface area contributed by atoms with Crippen molar-refractivity contribution in [3.05, 3.63) is 33.4 Å². The number of nitrogens with one attached hydrogen (secondary N) is 2. The van der Waals surface area contributed by atoms with Gasteiger partial charge in [0.05, 0.1) is 34.6 Å². The molecule has 1 unspecified atom stereocenters. The summed E-state index contributed by atoms with van der Waals surface area (Å²) in [6.45, 7) is 0.510. The van der Waals surface area contributed by atoms with Gasteiger partial charge in [0, 0.05) is 23.6 Å². The van der Waals surface area contributed by atoms with Crippen LogP contribution in [0, 0.1) is 5.92 Å². The number of ether oxygens (including phenoxy) is 1. The Hall–Kier alpha value is -2.40. The first kappa shape index (κ1) is 25.3. The summed E-state index contributed by atoms with van der Waals surface area (Å²) >= 11 is 18.9. The van der Waals surface area contributed by atoms with Crippen LogP contribution in [0.1, 0.15) is 38.1 Å². The lowest BCUT2D eigenvalue weighted by atomic mass is 9.85. The third kappa shape index (κ3) is 5.18. The van der Waals surface area contributed by atoms with Crippen molar-refractivity contribution in [3.63, 3.8) is 0 Å². The molecule has 0 radical (unpaired) electrons. The van der Waals surface area contributed by atoms with E-state index in [2.05, 4.69) is 15.6 Å². The molecule has 1 amide bonds. The average molecular weight is 557 g/mol. The number of benzene rings is 1. The maximum atomic E-state index is 14.3. The number of amides is 1. The van der Waals surface area contributed by atoms with Crippen molar-refractivity contribution in [2.75, 3.05) is 23.8 Å². The molecule has 3 aromatic rings. The van der Waals surface area contributed by atoms with Crippen LogP contribution in [0.2, 0.25) is 15.1 Å². The second-order valence-corrected chi connectivity index (χ2v) is 10.4. The number of aromatic nitrogens is 4. The molecule has 1 saturated carbocycles. The highest BCUT2D eigenvalue weighted by Crippen LogP contribution is 2.40. The fourth-order valence-corrected chi connectivity index (χ4v) is 5.73. The van der Waals surface area contributed by atoms with Gasteiger partial charge < -0.3 is 21.1 Å². The van der Waals surface area contributed by atoms with Gasteiger partial charge >= 0.3 is 0 Å². The highest BCUT2D eigenvalue weighted by molar-refractivity contribution is 6.41. The molecule has 4 N–H and O–H groups in total. The van der Waals surface area contributed by atoms with Crippen LogP contribution in [0.25, 0.3) is 11.2 Å². The molecule has 0 spiro atoms. The van der Waals surface area contributed by atoms with Crippen molar-refractivity contribution in [2.45, 2.75) is 50.4 Å². The van der Waals surface area contributed by atoms with Gasteiger partial charge in [-0.1, -0.05) is 34.8 Å². The van der Waals surface area contributed by atoms with Gasteiger partial charge in [0.2, 0.25) is 17.8 Å². The molecule has 5 rings (SSSR count). The van der Waals surface area contributed by atoms with E-state index in [-0.39, 0.29) is 24.5 Å².